The van der Waals surface area contributed by atoms with Crippen LogP contribution in [0.3, 0.4) is 0 Å². The van der Waals surface area contributed by atoms with Gasteiger partial charge in [-0.1, -0.05) is 69.3 Å². The fraction of sp³-hybridized carbons (Fsp3) is 0.300. The Morgan fingerprint density at radius 2 is 1.81 bits per heavy atom. The topological polar surface area (TPSA) is 92.8 Å². The van der Waals surface area contributed by atoms with Crippen LogP contribution >= 0.6 is 0 Å². The van der Waals surface area contributed by atoms with E-state index in [-0.39, 0.29) is 22.7 Å². The van der Waals surface area contributed by atoms with E-state index in [1.54, 1.807) is 6.08 Å². The molecule has 0 radical (unpaired) electrons. The van der Waals surface area contributed by atoms with Gasteiger partial charge < -0.3 is 4.98 Å². The second-order valence-corrected chi connectivity index (χ2v) is 13.0. The minimum absolute atomic E-state index is 0.0404. The lowest BCUT2D eigenvalue weighted by Gasteiger charge is -2.19. The van der Waals surface area contributed by atoms with Gasteiger partial charge in [0.05, 0.1) is 17.2 Å². The number of aromatic nitrogens is 3. The van der Waals surface area contributed by atoms with Gasteiger partial charge in [-0.25, -0.2) is 18.4 Å². The number of ketones is 1. The molecule has 0 saturated heterocycles. The highest BCUT2D eigenvalue weighted by Crippen LogP contribution is 2.33. The first-order valence-electron chi connectivity index (χ1n) is 12.5. The maximum Gasteiger partial charge on any atom is 0.167 e. The molecule has 2 aromatic heterocycles. The number of H-pyrrole nitrogens is 1. The van der Waals surface area contributed by atoms with Gasteiger partial charge in [0.1, 0.15) is 12.0 Å². The zero-order chi connectivity index (χ0) is 26.4. The van der Waals surface area contributed by atoms with Gasteiger partial charge in [0.25, 0.3) is 0 Å². The van der Waals surface area contributed by atoms with Gasteiger partial charge in [0.2, 0.25) is 0 Å². The molecule has 2 aromatic carbocycles. The van der Waals surface area contributed by atoms with Crippen LogP contribution in [0, 0.1) is 6.92 Å². The highest BCUT2D eigenvalue weighted by atomic mass is 32.2. The van der Waals surface area contributed by atoms with E-state index in [4.69, 9.17) is 0 Å². The first kappa shape index (κ1) is 25.1. The average Bonchev–Trinajstić information content (AvgIpc) is 3.29. The van der Waals surface area contributed by atoms with E-state index in [9.17, 15) is 13.2 Å². The second-order valence-electron chi connectivity index (χ2n) is 10.8. The molecular formula is C30H31N3O3S. The number of Topliss-reactive ketones (excluding diaryl/α,β-unsaturated/α-hetero) is 1. The molecule has 0 aliphatic carbocycles. The van der Waals surface area contributed by atoms with E-state index in [1.807, 2.05) is 55.5 Å². The molecule has 0 bridgehead atoms. The van der Waals surface area contributed by atoms with E-state index in [0.29, 0.717) is 24.1 Å². The highest BCUT2D eigenvalue weighted by molar-refractivity contribution is 7.91. The van der Waals surface area contributed by atoms with Crippen LogP contribution in [0.1, 0.15) is 59.9 Å². The number of rotatable bonds is 5. The zero-order valence-electron chi connectivity index (χ0n) is 21.6. The SMILES string of the molecule is Cc1c(CC(=O)c2ccc(C(C)(C)C)cc2)cccc1-c1ncnc2[nH]c(C3=CCS(=O)(=O)CC3)cc12. The molecule has 3 heterocycles. The van der Waals surface area contributed by atoms with E-state index in [1.165, 1.54) is 11.9 Å². The number of benzene rings is 2. The van der Waals surface area contributed by atoms with Gasteiger partial charge in [-0.2, -0.15) is 0 Å². The molecule has 0 amide bonds. The molecule has 190 valence electrons. The molecule has 1 aliphatic heterocycles. The molecule has 0 fully saturated rings. The Morgan fingerprint density at radius 3 is 2.49 bits per heavy atom. The summed E-state index contributed by atoms with van der Waals surface area (Å²) in [5.74, 6) is 0.294. The molecule has 1 aliphatic rings. The summed E-state index contributed by atoms with van der Waals surface area (Å²) >= 11 is 0. The second kappa shape index (κ2) is 9.38. The number of hydrogen-bond acceptors (Lipinski definition) is 5. The summed E-state index contributed by atoms with van der Waals surface area (Å²) in [5, 5.41) is 0.871. The first-order valence-corrected chi connectivity index (χ1v) is 14.3. The quantitative estimate of drug-likeness (QED) is 0.338. The molecule has 0 atom stereocenters. The third kappa shape index (κ3) is 5.14. The van der Waals surface area contributed by atoms with Crippen molar-refractivity contribution in [1.82, 2.24) is 15.0 Å². The van der Waals surface area contributed by atoms with Gasteiger partial charge in [0.15, 0.2) is 15.6 Å². The summed E-state index contributed by atoms with van der Waals surface area (Å²) < 4.78 is 23.7. The van der Waals surface area contributed by atoms with Crippen LogP contribution in [-0.2, 0) is 21.7 Å². The number of aromatic amines is 1. The summed E-state index contributed by atoms with van der Waals surface area (Å²) in [4.78, 5) is 25.5. The maximum absolute atomic E-state index is 13.1. The summed E-state index contributed by atoms with van der Waals surface area (Å²) in [7, 11) is -3.00. The third-order valence-corrected chi connectivity index (χ3v) is 8.66. The van der Waals surface area contributed by atoms with Crippen LogP contribution in [0.2, 0.25) is 0 Å². The van der Waals surface area contributed by atoms with Gasteiger partial charge in [-0.15, -0.1) is 0 Å². The molecule has 4 aromatic rings. The van der Waals surface area contributed by atoms with Crippen LogP contribution in [-0.4, -0.2) is 40.7 Å². The number of nitrogens with one attached hydrogen (secondary N) is 1. The van der Waals surface area contributed by atoms with Crippen LogP contribution in [0.4, 0.5) is 0 Å². The molecule has 0 saturated carbocycles. The fourth-order valence-corrected chi connectivity index (χ4v) is 5.97. The van der Waals surface area contributed by atoms with Gasteiger partial charge >= 0.3 is 0 Å². The largest absolute Gasteiger partial charge is 0.339 e. The summed E-state index contributed by atoms with van der Waals surface area (Å²) in [6.45, 7) is 8.50. The number of sulfone groups is 1. The minimum Gasteiger partial charge on any atom is -0.339 e. The molecule has 0 unspecified atom stereocenters. The highest BCUT2D eigenvalue weighted by Gasteiger charge is 2.21. The van der Waals surface area contributed by atoms with Crippen LogP contribution in [0.25, 0.3) is 27.9 Å². The van der Waals surface area contributed by atoms with E-state index < -0.39 is 9.84 Å². The Hall–Kier alpha value is -3.58. The molecule has 0 spiro atoms. The van der Waals surface area contributed by atoms with Crippen molar-refractivity contribution >= 4 is 32.2 Å². The van der Waals surface area contributed by atoms with E-state index in [0.717, 1.165) is 39.0 Å². The Kier molecular flexibility index (Phi) is 6.36. The van der Waals surface area contributed by atoms with Crippen molar-refractivity contribution in [1.29, 1.82) is 0 Å². The average molecular weight is 514 g/mol. The standard InChI is InChI=1S/C30H31N3O3S/c1-19-22(16-27(34)21-8-10-23(11-9-21)30(2,3)4)6-5-7-24(19)28-25-17-26(33-29(25)32-18-31-28)20-12-14-37(35,36)15-13-20/h5-12,17-18H,13-16H2,1-4H3,(H,31,32,33). The Labute approximate surface area is 217 Å². The maximum atomic E-state index is 13.1. The van der Waals surface area contributed by atoms with Crippen molar-refractivity contribution in [2.45, 2.75) is 46.0 Å². The summed E-state index contributed by atoms with van der Waals surface area (Å²) in [6, 6.07) is 15.9. The molecule has 5 rings (SSSR count). The van der Waals surface area contributed by atoms with Crippen LogP contribution in [0.15, 0.2) is 60.9 Å². The third-order valence-electron chi connectivity index (χ3n) is 7.16. The lowest BCUT2D eigenvalue weighted by atomic mass is 9.86. The summed E-state index contributed by atoms with van der Waals surface area (Å²) in [5.41, 5.74) is 8.21. The van der Waals surface area contributed by atoms with Gasteiger partial charge in [-0.3, -0.25) is 4.79 Å². The number of allylic oxidation sites excluding steroid dienone is 1. The molecule has 37 heavy (non-hydrogen) atoms. The number of hydrogen-bond donors (Lipinski definition) is 1. The van der Waals surface area contributed by atoms with Crippen molar-refractivity contribution < 1.29 is 13.2 Å². The predicted octanol–water partition coefficient (Wildman–Crippen LogP) is 5.86. The number of fused-ring (bicyclic) bond motifs is 1. The van der Waals surface area contributed by atoms with Crippen LogP contribution in [0.5, 0.6) is 0 Å². The van der Waals surface area contributed by atoms with Gasteiger partial charge in [0, 0.05) is 28.6 Å². The van der Waals surface area contributed by atoms with Crippen LogP contribution < -0.4 is 0 Å². The zero-order valence-corrected chi connectivity index (χ0v) is 22.4. The lowest BCUT2D eigenvalue weighted by Crippen LogP contribution is -2.15. The molecule has 1 N–H and O–H groups in total. The monoisotopic (exact) mass is 513 g/mol. The van der Waals surface area contributed by atoms with Crippen molar-refractivity contribution in [3.63, 3.8) is 0 Å². The van der Waals surface area contributed by atoms with E-state index >= 15 is 0 Å². The normalized spacial score (nSPS) is 15.5. The first-order chi connectivity index (χ1) is 17.5. The minimum atomic E-state index is -3.00. The number of nitrogens with zero attached hydrogens (tertiary/aromatic N) is 2. The Morgan fingerprint density at radius 1 is 1.05 bits per heavy atom. The van der Waals surface area contributed by atoms with Gasteiger partial charge in [-0.05, 0) is 47.1 Å². The lowest BCUT2D eigenvalue weighted by molar-refractivity contribution is 0.0992. The van der Waals surface area contributed by atoms with Crippen molar-refractivity contribution in [3.05, 3.63) is 88.9 Å². The smallest absolute Gasteiger partial charge is 0.167 e. The predicted molar refractivity (Wildman–Crippen MR) is 148 cm³/mol. The molecule has 7 heteroatoms. The van der Waals surface area contributed by atoms with Crippen molar-refractivity contribution in [2.75, 3.05) is 11.5 Å². The Bertz CT molecular complexity index is 1640. The fourth-order valence-electron chi connectivity index (χ4n) is 4.81. The van der Waals surface area contributed by atoms with E-state index in [2.05, 4.69) is 35.7 Å². The Balaban J connectivity index is 1.46. The van der Waals surface area contributed by atoms with Crippen molar-refractivity contribution in [2.24, 2.45) is 0 Å². The number of carbonyl (C=O) groups is 1. The molecule has 6 nitrogen and oxygen atoms in total. The summed E-state index contributed by atoms with van der Waals surface area (Å²) in [6.07, 6.45) is 4.10. The molecular weight excluding hydrogens is 482 g/mol. The number of carbonyl (C=O) groups excluding carboxylic acids is 1. The van der Waals surface area contributed by atoms with Crippen molar-refractivity contribution in [3.8, 4) is 11.3 Å².